The lowest BCUT2D eigenvalue weighted by Crippen LogP contribution is -2.04. The summed E-state index contributed by atoms with van der Waals surface area (Å²) < 4.78 is 79.3. The lowest BCUT2D eigenvalue weighted by Gasteiger charge is -2.10. The van der Waals surface area contributed by atoms with Crippen molar-refractivity contribution in [2.24, 2.45) is 0 Å². The van der Waals surface area contributed by atoms with Crippen molar-refractivity contribution >= 4 is 10.8 Å². The second-order valence-electron chi connectivity index (χ2n) is 8.19. The second kappa shape index (κ2) is 11.5. The normalized spacial score (nSPS) is 11.6. The SMILES string of the molecule is FC(F)(F)c1ccc(Oc2ccc(C(F)(F)F)cc2)cc1.OCc1cccc2c(-c3ncccn3)cccc12. The minimum atomic E-state index is -4.45. The molecule has 4 aromatic carbocycles. The number of fused-ring (bicyclic) bond motifs is 1. The number of benzene rings is 4. The van der Waals surface area contributed by atoms with Crippen molar-refractivity contribution in [3.05, 3.63) is 120 Å². The maximum Gasteiger partial charge on any atom is 0.416 e. The fraction of sp³-hybridized carbons (Fsp3) is 0.103. The molecule has 4 nitrogen and oxygen atoms in total. The van der Waals surface area contributed by atoms with E-state index in [1.165, 1.54) is 0 Å². The Morgan fingerprint density at radius 1 is 0.590 bits per heavy atom. The molecule has 1 N–H and O–H groups in total. The molecule has 0 amide bonds. The highest BCUT2D eigenvalue weighted by atomic mass is 19.4. The zero-order valence-corrected chi connectivity index (χ0v) is 20.0. The number of alkyl halides is 6. The molecule has 1 heterocycles. The summed E-state index contributed by atoms with van der Waals surface area (Å²) >= 11 is 0. The van der Waals surface area contributed by atoms with Gasteiger partial charge in [0.25, 0.3) is 0 Å². The summed E-state index contributed by atoms with van der Waals surface area (Å²) in [4.78, 5) is 8.56. The third-order valence-corrected chi connectivity index (χ3v) is 5.59. The van der Waals surface area contributed by atoms with Crippen LogP contribution in [-0.4, -0.2) is 15.1 Å². The summed E-state index contributed by atoms with van der Waals surface area (Å²) in [6.07, 6.45) is -5.44. The van der Waals surface area contributed by atoms with Crippen LogP contribution in [0.1, 0.15) is 16.7 Å². The van der Waals surface area contributed by atoms with Crippen LogP contribution in [0.5, 0.6) is 11.5 Å². The highest BCUT2D eigenvalue weighted by molar-refractivity contribution is 5.96. The van der Waals surface area contributed by atoms with Gasteiger partial charge in [0.2, 0.25) is 0 Å². The first-order valence-corrected chi connectivity index (χ1v) is 11.5. The van der Waals surface area contributed by atoms with Gasteiger partial charge in [-0.25, -0.2) is 9.97 Å². The molecule has 5 aromatic rings. The van der Waals surface area contributed by atoms with E-state index in [2.05, 4.69) is 9.97 Å². The predicted octanol–water partition coefficient (Wildman–Crippen LogP) is 8.31. The van der Waals surface area contributed by atoms with Gasteiger partial charge in [0.15, 0.2) is 5.82 Å². The summed E-state index contributed by atoms with van der Waals surface area (Å²) in [6.45, 7) is 0.0381. The molecule has 10 heteroatoms. The van der Waals surface area contributed by atoms with Gasteiger partial charge in [0.05, 0.1) is 17.7 Å². The summed E-state index contributed by atoms with van der Waals surface area (Å²) in [6, 6.07) is 21.4. The van der Waals surface area contributed by atoms with Crippen LogP contribution in [0.4, 0.5) is 26.3 Å². The first-order chi connectivity index (χ1) is 18.6. The molecule has 1 aromatic heterocycles. The highest BCUT2D eigenvalue weighted by Gasteiger charge is 2.31. The topological polar surface area (TPSA) is 55.2 Å². The Morgan fingerprint density at radius 2 is 1.08 bits per heavy atom. The van der Waals surface area contributed by atoms with Crippen molar-refractivity contribution in [3.8, 4) is 22.9 Å². The van der Waals surface area contributed by atoms with Gasteiger partial charge in [-0.1, -0.05) is 36.4 Å². The van der Waals surface area contributed by atoms with Gasteiger partial charge in [-0.15, -0.1) is 0 Å². The summed E-state index contributed by atoms with van der Waals surface area (Å²) in [7, 11) is 0. The standard InChI is InChI=1S/C15H12N2O.C14H8F6O/c18-10-11-4-1-6-13-12(11)5-2-7-14(13)15-16-8-3-9-17-15;15-13(16,17)9-1-5-11(6-2-9)21-12-7-3-10(4-8-12)14(18,19)20/h1-9,18H,10H2;1-8H. The Kier molecular flexibility index (Phi) is 8.15. The first-order valence-electron chi connectivity index (χ1n) is 11.5. The third-order valence-electron chi connectivity index (χ3n) is 5.59. The van der Waals surface area contributed by atoms with Crippen molar-refractivity contribution in [1.82, 2.24) is 9.97 Å². The number of ether oxygens (including phenoxy) is 1. The maximum absolute atomic E-state index is 12.4. The summed E-state index contributed by atoms with van der Waals surface area (Å²) in [5, 5.41) is 11.5. The van der Waals surface area contributed by atoms with E-state index < -0.39 is 23.5 Å². The van der Waals surface area contributed by atoms with Gasteiger partial charge in [-0.3, -0.25) is 0 Å². The fourth-order valence-electron chi connectivity index (χ4n) is 3.71. The number of aliphatic hydroxyl groups is 1. The summed E-state index contributed by atoms with van der Waals surface area (Å²) in [5.74, 6) is 0.906. The number of nitrogens with zero attached hydrogens (tertiary/aromatic N) is 2. The van der Waals surface area contributed by atoms with E-state index in [-0.39, 0.29) is 18.1 Å². The molecule has 0 fully saturated rings. The van der Waals surface area contributed by atoms with Gasteiger partial charge in [-0.2, -0.15) is 26.3 Å². The van der Waals surface area contributed by atoms with Gasteiger partial charge < -0.3 is 9.84 Å². The van der Waals surface area contributed by atoms with Crippen molar-refractivity contribution < 1.29 is 36.2 Å². The predicted molar refractivity (Wildman–Crippen MR) is 134 cm³/mol. The zero-order chi connectivity index (χ0) is 28.0. The monoisotopic (exact) mass is 542 g/mol. The van der Waals surface area contributed by atoms with E-state index in [4.69, 9.17) is 4.74 Å². The first kappa shape index (κ1) is 27.6. The number of halogens is 6. The Balaban J connectivity index is 0.000000183. The minimum absolute atomic E-state index is 0.0381. The van der Waals surface area contributed by atoms with Crippen LogP contribution in [-0.2, 0) is 19.0 Å². The van der Waals surface area contributed by atoms with Crippen molar-refractivity contribution in [2.75, 3.05) is 0 Å². The van der Waals surface area contributed by atoms with Gasteiger partial charge in [0.1, 0.15) is 11.5 Å². The summed E-state index contributed by atoms with van der Waals surface area (Å²) in [5.41, 5.74) is 0.248. The molecular weight excluding hydrogens is 522 g/mol. The van der Waals surface area contributed by atoms with Crippen LogP contribution < -0.4 is 4.74 Å². The number of aliphatic hydroxyl groups excluding tert-OH is 1. The molecule has 39 heavy (non-hydrogen) atoms. The molecule has 0 atom stereocenters. The molecular formula is C29H20F6N2O2. The van der Waals surface area contributed by atoms with Crippen molar-refractivity contribution in [1.29, 1.82) is 0 Å². The molecule has 0 radical (unpaired) electrons. The van der Waals surface area contributed by atoms with Gasteiger partial charge in [-0.05, 0) is 70.9 Å². The zero-order valence-electron chi connectivity index (χ0n) is 20.0. The average molecular weight is 542 g/mol. The van der Waals surface area contributed by atoms with Crippen molar-refractivity contribution in [3.63, 3.8) is 0 Å². The minimum Gasteiger partial charge on any atom is -0.457 e. The molecule has 200 valence electrons. The molecule has 0 bridgehead atoms. The maximum atomic E-state index is 12.4. The van der Waals surface area contributed by atoms with Crippen LogP contribution in [0.2, 0.25) is 0 Å². The van der Waals surface area contributed by atoms with Crippen LogP contribution >= 0.6 is 0 Å². The number of aromatic nitrogens is 2. The van der Waals surface area contributed by atoms with Gasteiger partial charge in [0, 0.05) is 18.0 Å². The molecule has 0 aliphatic heterocycles. The lowest BCUT2D eigenvalue weighted by atomic mass is 10.00. The van der Waals surface area contributed by atoms with Crippen LogP contribution in [0.15, 0.2) is 103 Å². The fourth-order valence-corrected chi connectivity index (χ4v) is 3.71. The molecule has 0 saturated heterocycles. The number of hydrogen-bond donors (Lipinski definition) is 1. The molecule has 0 aliphatic rings. The molecule has 0 unspecified atom stereocenters. The van der Waals surface area contributed by atoms with Crippen LogP contribution in [0.3, 0.4) is 0 Å². The largest absolute Gasteiger partial charge is 0.457 e. The van der Waals surface area contributed by atoms with E-state index in [1.807, 2.05) is 36.4 Å². The average Bonchev–Trinajstić information content (AvgIpc) is 2.93. The molecule has 0 spiro atoms. The Bertz CT molecular complexity index is 1460. The molecule has 5 rings (SSSR count). The Morgan fingerprint density at radius 3 is 1.56 bits per heavy atom. The number of hydrogen-bond acceptors (Lipinski definition) is 4. The van der Waals surface area contributed by atoms with E-state index >= 15 is 0 Å². The van der Waals surface area contributed by atoms with Crippen LogP contribution in [0, 0.1) is 0 Å². The van der Waals surface area contributed by atoms with E-state index in [9.17, 15) is 31.4 Å². The van der Waals surface area contributed by atoms with E-state index in [1.54, 1.807) is 18.5 Å². The number of rotatable bonds is 4. The van der Waals surface area contributed by atoms with E-state index in [0.29, 0.717) is 5.82 Å². The third kappa shape index (κ3) is 6.91. The van der Waals surface area contributed by atoms with Crippen LogP contribution in [0.25, 0.3) is 22.2 Å². The second-order valence-corrected chi connectivity index (χ2v) is 8.19. The van der Waals surface area contributed by atoms with Gasteiger partial charge >= 0.3 is 12.4 Å². The lowest BCUT2D eigenvalue weighted by molar-refractivity contribution is -0.138. The Labute approximate surface area is 219 Å². The van der Waals surface area contributed by atoms with Crippen molar-refractivity contribution in [2.45, 2.75) is 19.0 Å². The van der Waals surface area contributed by atoms with E-state index in [0.717, 1.165) is 70.4 Å². The molecule has 0 aliphatic carbocycles. The molecule has 0 saturated carbocycles. The highest BCUT2D eigenvalue weighted by Crippen LogP contribution is 2.33. The Hall–Kier alpha value is -4.44. The smallest absolute Gasteiger partial charge is 0.416 e. The quantitative estimate of drug-likeness (QED) is 0.232.